The third kappa shape index (κ3) is 2.53. The summed E-state index contributed by atoms with van der Waals surface area (Å²) < 4.78 is 28.0. The number of benzene rings is 1. The van der Waals surface area contributed by atoms with Crippen LogP contribution >= 0.6 is 0 Å². The van der Waals surface area contributed by atoms with Gasteiger partial charge in [0.1, 0.15) is 11.6 Å². The molecular weight excluding hydrogens is 258 g/mol. The van der Waals surface area contributed by atoms with Crippen LogP contribution in [0.4, 0.5) is 14.5 Å². The Bertz CT molecular complexity index is 499. The van der Waals surface area contributed by atoms with Gasteiger partial charge in [0.15, 0.2) is 0 Å². The van der Waals surface area contributed by atoms with E-state index >= 15 is 0 Å². The largest absolute Gasteiger partial charge is 0.363 e. The van der Waals surface area contributed by atoms with Crippen molar-refractivity contribution in [1.29, 1.82) is 0 Å². The summed E-state index contributed by atoms with van der Waals surface area (Å²) in [5.41, 5.74) is 0.792. The average Bonchev–Trinajstić information content (AvgIpc) is 3.27. The van der Waals surface area contributed by atoms with Crippen LogP contribution in [0.15, 0.2) is 12.1 Å². The molecule has 1 aromatic carbocycles. The van der Waals surface area contributed by atoms with E-state index in [1.54, 1.807) is 6.92 Å². The topological polar surface area (TPSA) is 15.3 Å². The molecule has 1 saturated heterocycles. The van der Waals surface area contributed by atoms with Crippen molar-refractivity contribution in [2.24, 2.45) is 5.92 Å². The lowest BCUT2D eigenvalue weighted by Crippen LogP contribution is -2.57. The monoisotopic (exact) mass is 280 g/mol. The minimum absolute atomic E-state index is 0.238. The van der Waals surface area contributed by atoms with E-state index in [0.717, 1.165) is 19.5 Å². The van der Waals surface area contributed by atoms with E-state index in [2.05, 4.69) is 17.1 Å². The molecule has 1 aliphatic heterocycles. The molecule has 1 aromatic rings. The lowest BCUT2D eigenvalue weighted by atomic mass is 10.0. The van der Waals surface area contributed by atoms with Gasteiger partial charge in [-0.1, -0.05) is 6.92 Å². The average molecular weight is 280 g/mol. The maximum atomic E-state index is 14.2. The van der Waals surface area contributed by atoms with Gasteiger partial charge in [0.25, 0.3) is 0 Å². The molecule has 1 N–H and O–H groups in total. The molecule has 1 heterocycles. The highest BCUT2D eigenvalue weighted by Gasteiger charge is 2.37. The lowest BCUT2D eigenvalue weighted by molar-refractivity contribution is 0.356. The number of anilines is 1. The first-order valence-electron chi connectivity index (χ1n) is 7.55. The van der Waals surface area contributed by atoms with Gasteiger partial charge in [-0.05, 0) is 43.7 Å². The van der Waals surface area contributed by atoms with Crippen molar-refractivity contribution >= 4 is 5.69 Å². The zero-order chi connectivity index (χ0) is 14.3. The van der Waals surface area contributed by atoms with Crippen molar-refractivity contribution in [1.82, 2.24) is 5.32 Å². The maximum absolute atomic E-state index is 14.2. The summed E-state index contributed by atoms with van der Waals surface area (Å²) in [6, 6.07) is 3.33. The molecule has 2 nitrogen and oxygen atoms in total. The van der Waals surface area contributed by atoms with Gasteiger partial charge in [0.2, 0.25) is 0 Å². The number of rotatable bonds is 3. The summed E-state index contributed by atoms with van der Waals surface area (Å²) in [4.78, 5) is 2.07. The smallest absolute Gasteiger partial charge is 0.146 e. The third-order valence-electron chi connectivity index (χ3n) is 4.65. The highest BCUT2D eigenvalue weighted by atomic mass is 19.1. The highest BCUT2D eigenvalue weighted by molar-refractivity contribution is 5.51. The molecule has 1 aliphatic carbocycles. The van der Waals surface area contributed by atoms with E-state index in [4.69, 9.17) is 0 Å². The van der Waals surface area contributed by atoms with Gasteiger partial charge in [-0.25, -0.2) is 8.78 Å². The van der Waals surface area contributed by atoms with Crippen LogP contribution in [0.5, 0.6) is 0 Å². The van der Waals surface area contributed by atoms with E-state index in [0.29, 0.717) is 23.2 Å². The highest BCUT2D eigenvalue weighted by Crippen LogP contribution is 2.36. The summed E-state index contributed by atoms with van der Waals surface area (Å²) in [5, 5.41) is 3.57. The Morgan fingerprint density at radius 3 is 2.65 bits per heavy atom. The van der Waals surface area contributed by atoms with Gasteiger partial charge in [-0.3, -0.25) is 0 Å². The van der Waals surface area contributed by atoms with Crippen LogP contribution in [0.2, 0.25) is 0 Å². The molecule has 110 valence electrons. The van der Waals surface area contributed by atoms with Crippen molar-refractivity contribution in [3.05, 3.63) is 29.3 Å². The van der Waals surface area contributed by atoms with Crippen LogP contribution in [-0.4, -0.2) is 25.2 Å². The van der Waals surface area contributed by atoms with E-state index in [-0.39, 0.29) is 17.7 Å². The Labute approximate surface area is 119 Å². The van der Waals surface area contributed by atoms with Crippen LogP contribution in [0.1, 0.15) is 31.7 Å². The van der Waals surface area contributed by atoms with Gasteiger partial charge in [-0.2, -0.15) is 0 Å². The molecule has 3 rings (SSSR count). The molecule has 0 amide bonds. The maximum Gasteiger partial charge on any atom is 0.146 e. The molecule has 20 heavy (non-hydrogen) atoms. The molecular formula is C16H22F2N2. The van der Waals surface area contributed by atoms with E-state index in [1.807, 2.05) is 0 Å². The van der Waals surface area contributed by atoms with Crippen LogP contribution in [0.3, 0.4) is 0 Å². The predicted molar refractivity (Wildman–Crippen MR) is 77.0 cm³/mol. The Hall–Kier alpha value is -1.16. The zero-order valence-electron chi connectivity index (χ0n) is 12.1. The van der Waals surface area contributed by atoms with Crippen LogP contribution in [-0.2, 0) is 0 Å². The number of nitrogens with zero attached hydrogens (tertiary/aromatic N) is 1. The normalized spacial score (nSPS) is 26.9. The second-order valence-corrected chi connectivity index (χ2v) is 6.12. The van der Waals surface area contributed by atoms with Crippen molar-refractivity contribution < 1.29 is 8.78 Å². The second-order valence-electron chi connectivity index (χ2n) is 6.12. The molecule has 2 unspecified atom stereocenters. The summed E-state index contributed by atoms with van der Waals surface area (Å²) in [5.74, 6) is 0.0882. The number of halogens is 2. The fourth-order valence-electron chi connectivity index (χ4n) is 3.15. The molecule has 2 atom stereocenters. The Balaban J connectivity index is 1.89. The van der Waals surface area contributed by atoms with Gasteiger partial charge >= 0.3 is 0 Å². The SMILES string of the molecule is CCC1CNC(C2CC2)CN1c1cc(F)c(C)cc1F. The van der Waals surface area contributed by atoms with Gasteiger partial charge in [0.05, 0.1) is 5.69 Å². The van der Waals surface area contributed by atoms with Crippen molar-refractivity contribution in [3.63, 3.8) is 0 Å². The molecule has 0 bridgehead atoms. The van der Waals surface area contributed by atoms with Crippen molar-refractivity contribution in [3.8, 4) is 0 Å². The van der Waals surface area contributed by atoms with Gasteiger partial charge in [-0.15, -0.1) is 0 Å². The number of hydrogen-bond acceptors (Lipinski definition) is 2. The summed E-state index contributed by atoms with van der Waals surface area (Å²) in [6.07, 6.45) is 3.44. The summed E-state index contributed by atoms with van der Waals surface area (Å²) in [7, 11) is 0. The molecule has 0 radical (unpaired) electrons. The first-order chi connectivity index (χ1) is 9.60. The molecule has 4 heteroatoms. The standard InChI is InChI=1S/C16H22F2N2/c1-3-12-8-19-15(11-4-5-11)9-20(12)16-7-13(17)10(2)6-14(16)18/h6-7,11-12,15,19H,3-5,8-9H2,1-2H3. The van der Waals surface area contributed by atoms with Crippen molar-refractivity contribution in [2.45, 2.75) is 45.2 Å². The fourth-order valence-corrected chi connectivity index (χ4v) is 3.15. The predicted octanol–water partition coefficient (Wildman–Crippen LogP) is 3.24. The fraction of sp³-hybridized carbons (Fsp3) is 0.625. The van der Waals surface area contributed by atoms with E-state index in [1.165, 1.54) is 25.0 Å². The first kappa shape index (κ1) is 13.8. The van der Waals surface area contributed by atoms with E-state index in [9.17, 15) is 8.78 Å². The van der Waals surface area contributed by atoms with Gasteiger partial charge in [0, 0.05) is 31.2 Å². The molecule has 0 aromatic heterocycles. The zero-order valence-corrected chi connectivity index (χ0v) is 12.1. The Morgan fingerprint density at radius 2 is 2.00 bits per heavy atom. The lowest BCUT2D eigenvalue weighted by Gasteiger charge is -2.42. The summed E-state index contributed by atoms with van der Waals surface area (Å²) >= 11 is 0. The minimum atomic E-state index is -0.322. The Morgan fingerprint density at radius 1 is 1.25 bits per heavy atom. The number of piperazine rings is 1. The van der Waals surface area contributed by atoms with E-state index < -0.39 is 0 Å². The number of aryl methyl sites for hydroxylation is 1. The second kappa shape index (κ2) is 5.32. The number of nitrogens with one attached hydrogen (secondary N) is 1. The molecule has 1 saturated carbocycles. The minimum Gasteiger partial charge on any atom is -0.363 e. The quantitative estimate of drug-likeness (QED) is 0.914. The van der Waals surface area contributed by atoms with Crippen LogP contribution in [0, 0.1) is 24.5 Å². The molecule has 2 fully saturated rings. The Kier molecular flexibility index (Phi) is 3.67. The summed E-state index contributed by atoms with van der Waals surface area (Å²) in [6.45, 7) is 5.33. The van der Waals surface area contributed by atoms with Crippen LogP contribution < -0.4 is 10.2 Å². The molecule has 0 spiro atoms. The first-order valence-corrected chi connectivity index (χ1v) is 7.55. The van der Waals surface area contributed by atoms with Crippen molar-refractivity contribution in [2.75, 3.05) is 18.0 Å². The van der Waals surface area contributed by atoms with Gasteiger partial charge < -0.3 is 10.2 Å². The molecule has 2 aliphatic rings. The number of hydrogen-bond donors (Lipinski definition) is 1. The third-order valence-corrected chi connectivity index (χ3v) is 4.65. The van der Waals surface area contributed by atoms with Crippen LogP contribution in [0.25, 0.3) is 0 Å².